The minimum atomic E-state index is 0.229. The normalized spacial score (nSPS) is 10.5. The van der Waals surface area contributed by atoms with Crippen LogP contribution in [-0.4, -0.2) is 4.98 Å². The average Bonchev–Trinajstić information content (AvgIpc) is 2.94. The summed E-state index contributed by atoms with van der Waals surface area (Å²) in [4.78, 5) is 5.41. The second kappa shape index (κ2) is 6.32. The number of nitriles is 1. The van der Waals surface area contributed by atoms with Crippen molar-refractivity contribution in [3.63, 3.8) is 0 Å². The van der Waals surface area contributed by atoms with E-state index in [9.17, 15) is 5.26 Å². The molecule has 0 saturated carbocycles. The number of thiophene rings is 1. The van der Waals surface area contributed by atoms with Crippen LogP contribution < -0.4 is 5.73 Å². The summed E-state index contributed by atoms with van der Waals surface area (Å²) >= 11 is 11.1. The van der Waals surface area contributed by atoms with E-state index in [-0.39, 0.29) is 5.82 Å². The summed E-state index contributed by atoms with van der Waals surface area (Å²) in [5.74, 6) is 0.229. The van der Waals surface area contributed by atoms with Crippen molar-refractivity contribution in [2.45, 2.75) is 6.92 Å². The molecule has 3 aromatic rings. The maximum atomic E-state index is 9.50. The number of rotatable bonds is 2. The van der Waals surface area contributed by atoms with Gasteiger partial charge in [0, 0.05) is 30.9 Å². The van der Waals surface area contributed by atoms with E-state index in [0.717, 1.165) is 31.7 Å². The van der Waals surface area contributed by atoms with Crippen molar-refractivity contribution in [2.24, 2.45) is 0 Å². The molecule has 0 aliphatic rings. The fraction of sp³-hybridized carbons (Fsp3) is 0.0588. The van der Waals surface area contributed by atoms with Crippen LogP contribution >= 0.6 is 38.9 Å². The minimum Gasteiger partial charge on any atom is -0.383 e. The lowest BCUT2D eigenvalue weighted by Gasteiger charge is -2.14. The number of nitrogens with zero attached hydrogens (tertiary/aromatic N) is 2. The van der Waals surface area contributed by atoms with E-state index < -0.39 is 0 Å². The quantitative estimate of drug-likeness (QED) is 0.600. The molecular weight excluding hydrogens is 394 g/mol. The molecule has 0 aliphatic carbocycles. The van der Waals surface area contributed by atoms with Gasteiger partial charge in [0.25, 0.3) is 0 Å². The predicted molar refractivity (Wildman–Crippen MR) is 99.6 cm³/mol. The molecule has 0 aliphatic heterocycles. The van der Waals surface area contributed by atoms with Crippen LogP contribution in [0.15, 0.2) is 40.2 Å². The first-order valence-corrected chi connectivity index (χ1v) is 8.77. The highest BCUT2D eigenvalue weighted by Crippen LogP contribution is 2.39. The third kappa shape index (κ3) is 2.98. The lowest BCUT2D eigenvalue weighted by atomic mass is 9.97. The molecule has 3 rings (SSSR count). The van der Waals surface area contributed by atoms with Gasteiger partial charge in [-0.1, -0.05) is 23.7 Å². The van der Waals surface area contributed by atoms with Crippen molar-refractivity contribution in [3.8, 4) is 27.8 Å². The molecule has 0 spiro atoms. The molecule has 0 radical (unpaired) electrons. The van der Waals surface area contributed by atoms with Gasteiger partial charge in [-0.3, -0.25) is 0 Å². The summed E-state index contributed by atoms with van der Waals surface area (Å²) in [6, 6.07) is 11.6. The van der Waals surface area contributed by atoms with Crippen LogP contribution in [0.3, 0.4) is 0 Å². The Balaban J connectivity index is 2.33. The molecule has 1 aromatic carbocycles. The first-order chi connectivity index (χ1) is 11.0. The predicted octanol–water partition coefficient (Wildman–Crippen LogP) is 5.66. The number of aromatic nitrogens is 1. The number of halogens is 2. The number of anilines is 1. The van der Waals surface area contributed by atoms with E-state index in [2.05, 4.69) is 27.0 Å². The summed E-state index contributed by atoms with van der Waals surface area (Å²) in [7, 11) is 0. The fourth-order valence-electron chi connectivity index (χ4n) is 2.48. The van der Waals surface area contributed by atoms with Crippen LogP contribution in [0, 0.1) is 18.3 Å². The van der Waals surface area contributed by atoms with E-state index in [4.69, 9.17) is 17.3 Å². The Morgan fingerprint density at radius 3 is 2.74 bits per heavy atom. The Hall–Kier alpha value is -1.87. The zero-order valence-corrected chi connectivity index (χ0v) is 15.3. The topological polar surface area (TPSA) is 62.7 Å². The SMILES string of the molecule is Cc1c(-c2cccc(Cl)c2)nc(N)c(C#N)c1-c1cc(Br)cs1. The van der Waals surface area contributed by atoms with E-state index in [1.807, 2.05) is 42.6 Å². The van der Waals surface area contributed by atoms with Crippen molar-refractivity contribution < 1.29 is 0 Å². The average molecular weight is 405 g/mol. The fourth-order valence-corrected chi connectivity index (χ4v) is 4.20. The lowest BCUT2D eigenvalue weighted by Crippen LogP contribution is -2.02. The number of hydrogen-bond donors (Lipinski definition) is 1. The van der Waals surface area contributed by atoms with Gasteiger partial charge < -0.3 is 5.73 Å². The molecule has 23 heavy (non-hydrogen) atoms. The first-order valence-electron chi connectivity index (χ1n) is 6.71. The largest absolute Gasteiger partial charge is 0.383 e. The maximum absolute atomic E-state index is 9.50. The zero-order chi connectivity index (χ0) is 16.6. The van der Waals surface area contributed by atoms with Crippen LogP contribution in [0.2, 0.25) is 5.02 Å². The molecule has 0 amide bonds. The highest BCUT2D eigenvalue weighted by molar-refractivity contribution is 9.10. The molecule has 0 fully saturated rings. The minimum absolute atomic E-state index is 0.229. The Morgan fingerprint density at radius 1 is 1.35 bits per heavy atom. The van der Waals surface area contributed by atoms with Gasteiger partial charge in [0.15, 0.2) is 0 Å². The molecule has 0 unspecified atom stereocenters. The van der Waals surface area contributed by atoms with Crippen LogP contribution in [0.4, 0.5) is 5.82 Å². The summed E-state index contributed by atoms with van der Waals surface area (Å²) in [6.07, 6.45) is 0. The second-order valence-corrected chi connectivity index (χ2v) is 7.24. The van der Waals surface area contributed by atoms with Gasteiger partial charge in [-0.15, -0.1) is 11.3 Å². The Labute approximate surface area is 151 Å². The molecule has 2 heterocycles. The third-order valence-corrected chi connectivity index (χ3v) is 5.44. The Bertz CT molecular complexity index is 943. The summed E-state index contributed by atoms with van der Waals surface area (Å²) in [5, 5.41) is 12.1. The van der Waals surface area contributed by atoms with E-state index in [1.165, 1.54) is 0 Å². The molecule has 0 bridgehead atoms. The molecule has 6 heteroatoms. The van der Waals surface area contributed by atoms with Crippen molar-refractivity contribution in [1.29, 1.82) is 5.26 Å². The lowest BCUT2D eigenvalue weighted by molar-refractivity contribution is 1.26. The molecule has 0 atom stereocenters. The van der Waals surface area contributed by atoms with Gasteiger partial charge in [0.1, 0.15) is 17.5 Å². The third-order valence-electron chi connectivity index (χ3n) is 3.49. The van der Waals surface area contributed by atoms with Gasteiger partial charge >= 0.3 is 0 Å². The number of nitrogens with two attached hydrogens (primary N) is 1. The van der Waals surface area contributed by atoms with Gasteiger partial charge in [-0.05, 0) is 46.6 Å². The molecule has 2 N–H and O–H groups in total. The second-order valence-electron chi connectivity index (χ2n) is 4.97. The molecule has 3 nitrogen and oxygen atoms in total. The number of benzene rings is 1. The van der Waals surface area contributed by atoms with Gasteiger partial charge in [0.05, 0.1) is 5.69 Å². The summed E-state index contributed by atoms with van der Waals surface area (Å²) < 4.78 is 0.973. The highest BCUT2D eigenvalue weighted by atomic mass is 79.9. The first kappa shape index (κ1) is 16.0. The van der Waals surface area contributed by atoms with Crippen molar-refractivity contribution in [2.75, 3.05) is 5.73 Å². The molecule has 114 valence electrons. The van der Waals surface area contributed by atoms with E-state index in [0.29, 0.717) is 10.6 Å². The summed E-state index contributed by atoms with van der Waals surface area (Å²) in [5.41, 5.74) is 9.80. The zero-order valence-electron chi connectivity index (χ0n) is 12.1. The maximum Gasteiger partial charge on any atom is 0.142 e. The Morgan fingerprint density at radius 2 is 2.13 bits per heavy atom. The van der Waals surface area contributed by atoms with Crippen molar-refractivity contribution >= 4 is 44.7 Å². The molecule has 2 aromatic heterocycles. The standard InChI is InChI=1S/C17H11BrClN3S/c1-9-15(14-6-11(18)8-23-14)13(7-20)17(21)22-16(9)10-3-2-4-12(19)5-10/h2-6,8H,1H3,(H2,21,22). The highest BCUT2D eigenvalue weighted by Gasteiger charge is 2.19. The molecule has 0 saturated heterocycles. The van der Waals surface area contributed by atoms with Crippen LogP contribution in [0.25, 0.3) is 21.7 Å². The van der Waals surface area contributed by atoms with Gasteiger partial charge in [0.2, 0.25) is 0 Å². The van der Waals surface area contributed by atoms with E-state index in [1.54, 1.807) is 11.3 Å². The van der Waals surface area contributed by atoms with Gasteiger partial charge in [-0.25, -0.2) is 4.98 Å². The monoisotopic (exact) mass is 403 g/mol. The van der Waals surface area contributed by atoms with Crippen LogP contribution in [0.5, 0.6) is 0 Å². The Kier molecular flexibility index (Phi) is 4.40. The van der Waals surface area contributed by atoms with Crippen molar-refractivity contribution in [1.82, 2.24) is 4.98 Å². The number of pyridine rings is 1. The van der Waals surface area contributed by atoms with Crippen LogP contribution in [0.1, 0.15) is 11.1 Å². The number of hydrogen-bond acceptors (Lipinski definition) is 4. The van der Waals surface area contributed by atoms with Crippen LogP contribution in [-0.2, 0) is 0 Å². The summed E-state index contributed by atoms with van der Waals surface area (Å²) in [6.45, 7) is 1.95. The van der Waals surface area contributed by atoms with Gasteiger partial charge in [-0.2, -0.15) is 5.26 Å². The number of nitrogen functional groups attached to an aromatic ring is 1. The van der Waals surface area contributed by atoms with Crippen molar-refractivity contribution in [3.05, 3.63) is 56.3 Å². The smallest absolute Gasteiger partial charge is 0.142 e. The van der Waals surface area contributed by atoms with E-state index >= 15 is 0 Å². The molecular formula is C17H11BrClN3S.